The van der Waals surface area contributed by atoms with Crippen LogP contribution in [0, 0.1) is 0 Å². The van der Waals surface area contributed by atoms with Crippen LogP contribution in [0.1, 0.15) is 29.5 Å². The minimum absolute atomic E-state index is 1.10. The van der Waals surface area contributed by atoms with Crippen molar-refractivity contribution in [1.29, 1.82) is 0 Å². The van der Waals surface area contributed by atoms with Gasteiger partial charge in [0.15, 0.2) is 0 Å². The second-order valence-electron chi connectivity index (χ2n) is 7.77. The van der Waals surface area contributed by atoms with Crippen molar-refractivity contribution in [2.45, 2.75) is 32.2 Å². The first-order valence-electron chi connectivity index (χ1n) is 10.2. The maximum absolute atomic E-state index is 3.39. The Morgan fingerprint density at radius 3 is 2.67 bits per heavy atom. The Labute approximate surface area is 160 Å². The topological polar surface area (TPSA) is 19.0 Å². The van der Waals surface area contributed by atoms with E-state index in [-0.39, 0.29) is 0 Å². The lowest BCUT2D eigenvalue weighted by atomic mass is 9.93. The molecule has 2 nitrogen and oxygen atoms in total. The van der Waals surface area contributed by atoms with E-state index < -0.39 is 0 Å². The fraction of sp³-hybridized carbons (Fsp3) is 0.280. The summed E-state index contributed by atoms with van der Waals surface area (Å²) in [7, 11) is 0. The highest BCUT2D eigenvalue weighted by Crippen LogP contribution is 2.27. The Bertz CT molecular complexity index is 1080. The van der Waals surface area contributed by atoms with E-state index in [2.05, 4.69) is 76.7 Å². The Hall–Kier alpha value is -2.58. The van der Waals surface area contributed by atoms with Gasteiger partial charge in [0.25, 0.3) is 0 Å². The van der Waals surface area contributed by atoms with Gasteiger partial charge in [0, 0.05) is 30.2 Å². The van der Waals surface area contributed by atoms with E-state index in [0.717, 1.165) is 6.54 Å². The van der Waals surface area contributed by atoms with E-state index in [4.69, 9.17) is 0 Å². The summed E-state index contributed by atoms with van der Waals surface area (Å²) in [5.41, 5.74) is 5.81. The van der Waals surface area contributed by atoms with Gasteiger partial charge in [-0.25, -0.2) is 0 Å². The van der Waals surface area contributed by atoms with Crippen molar-refractivity contribution in [3.63, 3.8) is 0 Å². The van der Waals surface area contributed by atoms with Crippen LogP contribution < -0.4 is 0 Å². The van der Waals surface area contributed by atoms with E-state index in [9.17, 15) is 0 Å². The number of unbranched alkanes of at least 4 members (excludes halogenated alkanes) is 1. The first-order valence-corrected chi connectivity index (χ1v) is 10.2. The normalized spacial score (nSPS) is 14.7. The lowest BCUT2D eigenvalue weighted by molar-refractivity contribution is 0.250. The largest absolute Gasteiger partial charge is 0.361 e. The predicted octanol–water partition coefficient (Wildman–Crippen LogP) is 5.70. The highest BCUT2D eigenvalue weighted by molar-refractivity contribution is 5.87. The van der Waals surface area contributed by atoms with Gasteiger partial charge < -0.3 is 4.98 Å². The van der Waals surface area contributed by atoms with Crippen molar-refractivity contribution < 1.29 is 0 Å². The van der Waals surface area contributed by atoms with Gasteiger partial charge in [0.1, 0.15) is 0 Å². The molecule has 0 aliphatic carbocycles. The van der Waals surface area contributed by atoms with Crippen molar-refractivity contribution in [1.82, 2.24) is 9.88 Å². The van der Waals surface area contributed by atoms with Crippen LogP contribution in [0.25, 0.3) is 21.7 Å². The lowest BCUT2D eigenvalue weighted by Crippen LogP contribution is -2.31. The van der Waals surface area contributed by atoms with Crippen LogP contribution in [0.3, 0.4) is 0 Å². The summed E-state index contributed by atoms with van der Waals surface area (Å²) in [4.78, 5) is 6.02. The fourth-order valence-electron chi connectivity index (χ4n) is 4.59. The number of rotatable bonds is 5. The van der Waals surface area contributed by atoms with E-state index in [0.29, 0.717) is 0 Å². The van der Waals surface area contributed by atoms with Gasteiger partial charge in [0.05, 0.1) is 0 Å². The first-order chi connectivity index (χ1) is 13.4. The Balaban J connectivity index is 1.19. The Kier molecular flexibility index (Phi) is 4.43. The number of benzene rings is 3. The number of fused-ring (bicyclic) bond motifs is 4. The van der Waals surface area contributed by atoms with E-state index in [1.807, 2.05) is 0 Å². The molecule has 136 valence electrons. The van der Waals surface area contributed by atoms with E-state index in [1.54, 1.807) is 5.56 Å². The summed E-state index contributed by atoms with van der Waals surface area (Å²) in [6.07, 6.45) is 7.05. The second kappa shape index (κ2) is 7.21. The molecule has 0 saturated carbocycles. The summed E-state index contributed by atoms with van der Waals surface area (Å²) < 4.78 is 0. The van der Waals surface area contributed by atoms with E-state index in [1.165, 1.54) is 71.6 Å². The third-order valence-electron chi connectivity index (χ3n) is 6.05. The minimum atomic E-state index is 1.10. The molecule has 2 heterocycles. The third kappa shape index (κ3) is 3.26. The SMILES string of the molecule is c1ccc2c3c(ccc2c1)CN(CCCCc1c[nH]c2ccccc12)CC3. The van der Waals surface area contributed by atoms with Crippen LogP contribution in [0.4, 0.5) is 0 Å². The van der Waals surface area contributed by atoms with Gasteiger partial charge in [-0.15, -0.1) is 0 Å². The quantitative estimate of drug-likeness (QED) is 0.455. The highest BCUT2D eigenvalue weighted by Gasteiger charge is 2.17. The molecule has 0 spiro atoms. The molecule has 27 heavy (non-hydrogen) atoms. The zero-order chi connectivity index (χ0) is 18.1. The first kappa shape index (κ1) is 16.6. The maximum atomic E-state index is 3.39. The molecule has 0 unspecified atom stereocenters. The average molecular weight is 354 g/mol. The standard InChI is InChI=1S/C25H26N2/c1-2-9-22-19(7-1)12-13-21-18-27(16-14-23(21)22)15-6-5-8-20-17-26-25-11-4-3-10-24(20)25/h1-4,7,9-13,17,26H,5-6,8,14-16,18H2. The molecule has 1 aliphatic rings. The predicted molar refractivity (Wildman–Crippen MR) is 114 cm³/mol. The molecule has 3 aromatic carbocycles. The zero-order valence-corrected chi connectivity index (χ0v) is 15.7. The Morgan fingerprint density at radius 2 is 1.70 bits per heavy atom. The smallest absolute Gasteiger partial charge is 0.0456 e. The monoisotopic (exact) mass is 354 g/mol. The van der Waals surface area contributed by atoms with Crippen LogP contribution in [-0.4, -0.2) is 23.0 Å². The molecular formula is C25H26N2. The number of nitrogens with one attached hydrogen (secondary N) is 1. The number of nitrogens with zero attached hydrogens (tertiary/aromatic N) is 1. The third-order valence-corrected chi connectivity index (χ3v) is 6.05. The summed E-state index contributed by atoms with van der Waals surface area (Å²) >= 11 is 0. The molecule has 0 amide bonds. The maximum Gasteiger partial charge on any atom is 0.0456 e. The molecular weight excluding hydrogens is 328 g/mol. The summed E-state index contributed by atoms with van der Waals surface area (Å²) in [6.45, 7) is 3.50. The number of aromatic amines is 1. The van der Waals surface area contributed by atoms with Gasteiger partial charge >= 0.3 is 0 Å². The van der Waals surface area contributed by atoms with Gasteiger partial charge in [-0.2, -0.15) is 0 Å². The molecule has 1 N–H and O–H groups in total. The summed E-state index contributed by atoms with van der Waals surface area (Å²) in [6, 6.07) is 22.1. The molecule has 0 radical (unpaired) electrons. The van der Waals surface area contributed by atoms with Gasteiger partial charge in [-0.3, -0.25) is 4.90 Å². The molecule has 4 aromatic rings. The van der Waals surface area contributed by atoms with Crippen LogP contribution in [0.15, 0.2) is 66.9 Å². The molecule has 0 bridgehead atoms. The number of H-pyrrole nitrogens is 1. The minimum Gasteiger partial charge on any atom is -0.361 e. The number of aryl methyl sites for hydroxylation is 1. The Morgan fingerprint density at radius 1 is 0.852 bits per heavy atom. The van der Waals surface area contributed by atoms with Crippen molar-refractivity contribution in [2.75, 3.05) is 13.1 Å². The van der Waals surface area contributed by atoms with Crippen molar-refractivity contribution in [3.05, 3.63) is 83.6 Å². The van der Waals surface area contributed by atoms with Crippen LogP contribution in [-0.2, 0) is 19.4 Å². The van der Waals surface area contributed by atoms with Gasteiger partial charge in [-0.1, -0.05) is 54.6 Å². The fourth-order valence-corrected chi connectivity index (χ4v) is 4.59. The van der Waals surface area contributed by atoms with Crippen molar-refractivity contribution in [2.24, 2.45) is 0 Å². The summed E-state index contributed by atoms with van der Waals surface area (Å²) in [5, 5.41) is 4.22. The highest BCUT2D eigenvalue weighted by atomic mass is 15.1. The molecule has 1 aromatic heterocycles. The molecule has 0 saturated heterocycles. The van der Waals surface area contributed by atoms with Gasteiger partial charge in [-0.05, 0) is 65.8 Å². The van der Waals surface area contributed by atoms with Crippen LogP contribution in [0.2, 0.25) is 0 Å². The molecule has 1 aliphatic heterocycles. The van der Waals surface area contributed by atoms with Crippen molar-refractivity contribution in [3.8, 4) is 0 Å². The second-order valence-corrected chi connectivity index (χ2v) is 7.77. The van der Waals surface area contributed by atoms with E-state index >= 15 is 0 Å². The number of hydrogen-bond acceptors (Lipinski definition) is 1. The zero-order valence-electron chi connectivity index (χ0n) is 15.7. The average Bonchev–Trinajstić information content (AvgIpc) is 3.14. The summed E-state index contributed by atoms with van der Waals surface area (Å²) in [5.74, 6) is 0. The van der Waals surface area contributed by atoms with Gasteiger partial charge in [0.2, 0.25) is 0 Å². The molecule has 2 heteroatoms. The van der Waals surface area contributed by atoms with Crippen LogP contribution in [0.5, 0.6) is 0 Å². The lowest BCUT2D eigenvalue weighted by Gasteiger charge is -2.29. The van der Waals surface area contributed by atoms with Crippen molar-refractivity contribution >= 4 is 21.7 Å². The number of hydrogen-bond donors (Lipinski definition) is 1. The molecule has 5 rings (SSSR count). The molecule has 0 fully saturated rings. The number of aromatic nitrogens is 1. The van der Waals surface area contributed by atoms with Crippen LogP contribution >= 0.6 is 0 Å². The number of para-hydroxylation sites is 1. The molecule has 0 atom stereocenters.